The highest BCUT2D eigenvalue weighted by molar-refractivity contribution is 5.87. The Hall–Kier alpha value is -0.910. The van der Waals surface area contributed by atoms with E-state index in [0.717, 1.165) is 4.90 Å². The molecular formula is C8H15NO4. The van der Waals surface area contributed by atoms with Gasteiger partial charge >= 0.3 is 0 Å². The van der Waals surface area contributed by atoms with E-state index >= 15 is 0 Å². The molecular weight excluding hydrogens is 174 g/mol. The van der Waals surface area contributed by atoms with Crippen LogP contribution in [0.5, 0.6) is 0 Å². The van der Waals surface area contributed by atoms with E-state index in [0.29, 0.717) is 0 Å². The molecule has 13 heavy (non-hydrogen) atoms. The van der Waals surface area contributed by atoms with E-state index in [2.05, 4.69) is 0 Å². The van der Waals surface area contributed by atoms with E-state index < -0.39 is 18.7 Å². The van der Waals surface area contributed by atoms with Crippen LogP contribution in [0.4, 0.5) is 0 Å². The van der Waals surface area contributed by atoms with Gasteiger partial charge in [-0.15, -0.1) is 0 Å². The van der Waals surface area contributed by atoms with E-state index in [1.807, 2.05) is 0 Å². The van der Waals surface area contributed by atoms with Crippen molar-refractivity contribution in [2.45, 2.75) is 13.0 Å². The second kappa shape index (κ2) is 6.59. The average Bonchev–Trinajstić information content (AvgIpc) is 2.14. The fourth-order valence-electron chi connectivity index (χ4n) is 0.858. The summed E-state index contributed by atoms with van der Waals surface area (Å²) < 4.78 is 0. The molecule has 0 unspecified atom stereocenters. The molecule has 1 amide bonds. The predicted octanol–water partition coefficient (Wildman–Crippen LogP) is -1.31. The first kappa shape index (κ1) is 12.1. The molecule has 0 aliphatic heterocycles. The minimum absolute atomic E-state index is 0.375. The molecule has 76 valence electrons. The highest BCUT2D eigenvalue weighted by atomic mass is 16.3. The lowest BCUT2D eigenvalue weighted by Crippen LogP contribution is -2.44. The number of allylic oxidation sites excluding steroid dienone is 1. The Balaban J connectivity index is 4.38. The Labute approximate surface area is 76.9 Å². The lowest BCUT2D eigenvalue weighted by atomic mass is 10.3. The van der Waals surface area contributed by atoms with Crippen LogP contribution >= 0.6 is 0 Å². The lowest BCUT2D eigenvalue weighted by Gasteiger charge is -2.25. The van der Waals surface area contributed by atoms with Crippen molar-refractivity contribution in [3.63, 3.8) is 0 Å². The van der Waals surface area contributed by atoms with Gasteiger partial charge in [0.25, 0.3) is 0 Å². The van der Waals surface area contributed by atoms with Crippen LogP contribution in [0.25, 0.3) is 0 Å². The monoisotopic (exact) mass is 189 g/mol. The number of amides is 1. The largest absolute Gasteiger partial charge is 0.394 e. The first-order valence-corrected chi connectivity index (χ1v) is 3.97. The molecule has 0 aliphatic carbocycles. The normalized spacial score (nSPS) is 11.2. The first-order valence-electron chi connectivity index (χ1n) is 3.97. The van der Waals surface area contributed by atoms with Crippen LogP contribution in [-0.4, -0.2) is 52.1 Å². The van der Waals surface area contributed by atoms with Gasteiger partial charge in [0.15, 0.2) is 0 Å². The van der Waals surface area contributed by atoms with E-state index in [1.165, 1.54) is 12.2 Å². The predicted molar refractivity (Wildman–Crippen MR) is 46.7 cm³/mol. The number of hydrogen-bond donors (Lipinski definition) is 3. The summed E-state index contributed by atoms with van der Waals surface area (Å²) in [7, 11) is 0. The number of rotatable bonds is 5. The van der Waals surface area contributed by atoms with Gasteiger partial charge in [-0.05, 0) is 13.0 Å². The number of aliphatic hydroxyl groups excluding tert-OH is 3. The molecule has 0 rings (SSSR count). The summed E-state index contributed by atoms with van der Waals surface area (Å²) in [5, 5.41) is 26.3. The summed E-state index contributed by atoms with van der Waals surface area (Å²) in [6, 6.07) is -0.742. The van der Waals surface area contributed by atoms with Gasteiger partial charge in [0.05, 0.1) is 19.3 Å². The Morgan fingerprint density at radius 3 is 2.23 bits per heavy atom. The Morgan fingerprint density at radius 1 is 1.38 bits per heavy atom. The number of aliphatic hydroxyl groups is 3. The topological polar surface area (TPSA) is 81.0 Å². The maximum atomic E-state index is 11.2. The fourth-order valence-corrected chi connectivity index (χ4v) is 0.858. The van der Waals surface area contributed by atoms with Crippen molar-refractivity contribution >= 4 is 5.91 Å². The van der Waals surface area contributed by atoms with Gasteiger partial charge in [-0.25, -0.2) is 0 Å². The van der Waals surface area contributed by atoms with Gasteiger partial charge in [-0.2, -0.15) is 0 Å². The van der Waals surface area contributed by atoms with Crippen LogP contribution in [-0.2, 0) is 4.79 Å². The smallest absolute Gasteiger partial charge is 0.248 e. The quantitative estimate of drug-likeness (QED) is 0.370. The zero-order valence-electron chi connectivity index (χ0n) is 7.55. The second-order valence-electron chi connectivity index (χ2n) is 2.47. The minimum atomic E-state index is -0.742. The molecule has 0 aliphatic rings. The molecule has 0 saturated carbocycles. The summed E-state index contributed by atoms with van der Waals surface area (Å²) in [6.07, 6.45) is 2.78. The fraction of sp³-hybridized carbons (Fsp3) is 0.625. The maximum absolute atomic E-state index is 11.2. The van der Waals surface area contributed by atoms with E-state index in [4.69, 9.17) is 15.3 Å². The van der Waals surface area contributed by atoms with Gasteiger partial charge in [0, 0.05) is 0 Å². The maximum Gasteiger partial charge on any atom is 0.248 e. The van der Waals surface area contributed by atoms with Gasteiger partial charge in [-0.3, -0.25) is 4.79 Å². The Kier molecular flexibility index (Phi) is 6.13. The summed E-state index contributed by atoms with van der Waals surface area (Å²) in [5.41, 5.74) is 0. The van der Waals surface area contributed by atoms with Crippen molar-refractivity contribution in [3.05, 3.63) is 12.2 Å². The van der Waals surface area contributed by atoms with Crippen molar-refractivity contribution in [1.29, 1.82) is 0 Å². The van der Waals surface area contributed by atoms with Crippen molar-refractivity contribution in [1.82, 2.24) is 4.90 Å². The summed E-state index contributed by atoms with van der Waals surface area (Å²) in [5.74, 6) is -0.432. The second-order valence-corrected chi connectivity index (χ2v) is 2.47. The SMILES string of the molecule is CC=CC(=O)N(CO)C(CO)CO. The molecule has 0 atom stereocenters. The summed E-state index contributed by atoms with van der Waals surface area (Å²) >= 11 is 0. The minimum Gasteiger partial charge on any atom is -0.394 e. The molecule has 0 fully saturated rings. The van der Waals surface area contributed by atoms with Crippen molar-refractivity contribution < 1.29 is 20.1 Å². The molecule has 0 aromatic heterocycles. The number of carbonyl (C=O) groups is 1. The van der Waals surface area contributed by atoms with Crippen molar-refractivity contribution in [3.8, 4) is 0 Å². The third kappa shape index (κ3) is 3.54. The van der Waals surface area contributed by atoms with Crippen LogP contribution in [0.15, 0.2) is 12.2 Å². The average molecular weight is 189 g/mol. The third-order valence-electron chi connectivity index (χ3n) is 1.61. The van der Waals surface area contributed by atoms with E-state index in [9.17, 15) is 4.79 Å². The highest BCUT2D eigenvalue weighted by Crippen LogP contribution is 1.98. The van der Waals surface area contributed by atoms with Crippen LogP contribution in [0.2, 0.25) is 0 Å². The van der Waals surface area contributed by atoms with E-state index in [1.54, 1.807) is 6.92 Å². The molecule has 0 saturated heterocycles. The van der Waals surface area contributed by atoms with Crippen molar-refractivity contribution in [2.75, 3.05) is 19.9 Å². The third-order valence-corrected chi connectivity index (χ3v) is 1.61. The van der Waals surface area contributed by atoms with Gasteiger partial charge < -0.3 is 20.2 Å². The molecule has 5 heteroatoms. The van der Waals surface area contributed by atoms with Gasteiger partial charge in [0.1, 0.15) is 6.73 Å². The molecule has 5 nitrogen and oxygen atoms in total. The molecule has 0 bridgehead atoms. The standard InChI is InChI=1S/C8H15NO4/c1-2-3-8(13)9(6-12)7(4-10)5-11/h2-3,7,10-12H,4-6H2,1H3. The Morgan fingerprint density at radius 2 is 1.92 bits per heavy atom. The highest BCUT2D eigenvalue weighted by Gasteiger charge is 2.19. The summed E-state index contributed by atoms with van der Waals surface area (Å²) in [6.45, 7) is 0.399. The molecule has 0 aromatic rings. The number of hydrogen-bond acceptors (Lipinski definition) is 4. The zero-order valence-corrected chi connectivity index (χ0v) is 7.55. The zero-order chi connectivity index (χ0) is 10.3. The molecule has 0 spiro atoms. The number of nitrogens with zero attached hydrogens (tertiary/aromatic N) is 1. The summed E-state index contributed by atoms with van der Waals surface area (Å²) in [4.78, 5) is 12.2. The van der Waals surface area contributed by atoms with Gasteiger partial charge in [-0.1, -0.05) is 6.08 Å². The van der Waals surface area contributed by atoms with Crippen LogP contribution in [0, 0.1) is 0 Å². The Bertz CT molecular complexity index is 177. The van der Waals surface area contributed by atoms with E-state index in [-0.39, 0.29) is 13.2 Å². The number of carbonyl (C=O) groups excluding carboxylic acids is 1. The molecule has 0 aromatic carbocycles. The van der Waals surface area contributed by atoms with Crippen LogP contribution in [0.3, 0.4) is 0 Å². The molecule has 3 N–H and O–H groups in total. The molecule has 0 heterocycles. The first-order chi connectivity index (χ1) is 6.21. The molecule has 0 radical (unpaired) electrons. The van der Waals surface area contributed by atoms with Crippen LogP contribution < -0.4 is 0 Å². The lowest BCUT2D eigenvalue weighted by molar-refractivity contribution is -0.135. The van der Waals surface area contributed by atoms with Crippen molar-refractivity contribution in [2.24, 2.45) is 0 Å². The van der Waals surface area contributed by atoms with Crippen LogP contribution in [0.1, 0.15) is 6.92 Å². The van der Waals surface area contributed by atoms with Gasteiger partial charge in [0.2, 0.25) is 5.91 Å².